The molecular weight excluding hydrogens is 370 g/mol. The monoisotopic (exact) mass is 385 g/mol. The molecule has 0 bridgehead atoms. The molecule has 3 aromatic rings. The van der Waals surface area contributed by atoms with Gasteiger partial charge < -0.3 is 9.84 Å². The lowest BCUT2D eigenvalue weighted by Crippen LogP contribution is -2.08. The van der Waals surface area contributed by atoms with Crippen LogP contribution in [0.15, 0.2) is 28.2 Å². The minimum Gasteiger partial charge on any atom is -0.497 e. The lowest BCUT2D eigenvalue weighted by atomic mass is 10.1. The molecule has 0 saturated heterocycles. The van der Waals surface area contributed by atoms with Gasteiger partial charge in [-0.25, -0.2) is 0 Å². The van der Waals surface area contributed by atoms with Crippen molar-refractivity contribution >= 4 is 51.4 Å². The van der Waals surface area contributed by atoms with Gasteiger partial charge >= 0.3 is 0 Å². The molecule has 0 radical (unpaired) electrons. The zero-order chi connectivity index (χ0) is 18.3. The number of ether oxygens (including phenoxy) is 1. The maximum absolute atomic E-state index is 10.5. The smallest absolute Gasteiger partial charge is 0.234 e. The molecule has 0 unspecified atom stereocenters. The van der Waals surface area contributed by atoms with E-state index < -0.39 is 0 Å². The van der Waals surface area contributed by atoms with Gasteiger partial charge in [0.05, 0.1) is 17.7 Å². The van der Waals surface area contributed by atoms with Gasteiger partial charge in [0.25, 0.3) is 0 Å². The Hall–Kier alpha value is -2.78. The first-order chi connectivity index (χ1) is 12.5. The fraction of sp³-hybridized carbons (Fsp3) is 0.176. The lowest BCUT2D eigenvalue weighted by Gasteiger charge is -2.03. The number of fused-ring (bicyclic) bond motifs is 1. The Kier molecular flexibility index (Phi) is 4.17. The second-order valence-corrected chi connectivity index (χ2v) is 7.76. The first-order valence-electron chi connectivity index (χ1n) is 7.73. The van der Waals surface area contributed by atoms with E-state index in [1.54, 1.807) is 24.9 Å². The number of thiazole rings is 1. The molecule has 132 valence electrons. The van der Waals surface area contributed by atoms with Gasteiger partial charge in [-0.3, -0.25) is 9.56 Å². The summed E-state index contributed by atoms with van der Waals surface area (Å²) >= 11 is 2.78. The van der Waals surface area contributed by atoms with Crippen LogP contribution in [0.3, 0.4) is 0 Å². The Morgan fingerprint density at radius 3 is 2.85 bits per heavy atom. The number of aromatic nitrogens is 3. The van der Waals surface area contributed by atoms with Gasteiger partial charge in [-0.05, 0) is 31.2 Å². The Morgan fingerprint density at radius 2 is 2.12 bits per heavy atom. The molecule has 3 heterocycles. The SMILES string of the molecule is COc1ccc2c(c1)/C(=C/c1s/c(=N\c3nnc(C)s3)n(C)c1O)C=N2. The van der Waals surface area contributed by atoms with Crippen LogP contribution in [0, 0.1) is 6.92 Å². The standard InChI is InChI=1S/C17H15N5O2S2/c1-9-20-21-16(25-9)19-17-22(2)15(23)14(26-17)6-10-8-18-13-5-4-11(24-3)7-12(10)13/h4-8,23H,1-3H3/b10-6+,19-17-. The van der Waals surface area contributed by atoms with Crippen molar-refractivity contribution in [2.75, 3.05) is 7.11 Å². The molecule has 0 spiro atoms. The number of benzene rings is 1. The first kappa shape index (κ1) is 16.7. The number of aromatic hydroxyl groups is 1. The van der Waals surface area contributed by atoms with Crippen molar-refractivity contribution in [3.63, 3.8) is 0 Å². The summed E-state index contributed by atoms with van der Waals surface area (Å²) in [4.78, 5) is 10.2. The van der Waals surface area contributed by atoms with Crippen molar-refractivity contribution in [3.05, 3.63) is 38.4 Å². The molecule has 0 aliphatic carbocycles. The highest BCUT2D eigenvalue weighted by molar-refractivity contribution is 7.15. The third kappa shape index (κ3) is 2.95. The molecule has 0 fully saturated rings. The van der Waals surface area contributed by atoms with E-state index in [2.05, 4.69) is 20.2 Å². The van der Waals surface area contributed by atoms with Crippen molar-refractivity contribution in [1.82, 2.24) is 14.8 Å². The summed E-state index contributed by atoms with van der Waals surface area (Å²) < 4.78 is 6.92. The summed E-state index contributed by atoms with van der Waals surface area (Å²) in [5.74, 6) is 0.913. The van der Waals surface area contributed by atoms with Crippen LogP contribution in [-0.2, 0) is 7.05 Å². The molecule has 1 aliphatic rings. The molecule has 26 heavy (non-hydrogen) atoms. The van der Waals surface area contributed by atoms with E-state index in [4.69, 9.17) is 4.74 Å². The van der Waals surface area contributed by atoms with Crippen LogP contribution in [0.4, 0.5) is 10.8 Å². The van der Waals surface area contributed by atoms with Crippen LogP contribution in [0.5, 0.6) is 11.6 Å². The topological polar surface area (TPSA) is 84.9 Å². The van der Waals surface area contributed by atoms with E-state index in [1.165, 1.54) is 22.7 Å². The van der Waals surface area contributed by atoms with Crippen molar-refractivity contribution in [1.29, 1.82) is 0 Å². The predicted octanol–water partition coefficient (Wildman–Crippen LogP) is 3.45. The van der Waals surface area contributed by atoms with E-state index in [1.807, 2.05) is 31.2 Å². The van der Waals surface area contributed by atoms with E-state index in [0.717, 1.165) is 27.6 Å². The Bertz CT molecular complexity index is 1120. The molecule has 1 aromatic carbocycles. The molecule has 0 atom stereocenters. The largest absolute Gasteiger partial charge is 0.497 e. The summed E-state index contributed by atoms with van der Waals surface area (Å²) in [5.41, 5.74) is 2.76. The highest BCUT2D eigenvalue weighted by Crippen LogP contribution is 2.36. The quantitative estimate of drug-likeness (QED) is 0.748. The van der Waals surface area contributed by atoms with Gasteiger partial charge in [-0.15, -0.1) is 10.2 Å². The molecule has 9 heteroatoms. The summed E-state index contributed by atoms with van der Waals surface area (Å²) in [6.07, 6.45) is 3.69. The normalized spacial score (nSPS) is 15.0. The number of rotatable bonds is 3. The van der Waals surface area contributed by atoms with E-state index in [9.17, 15) is 5.11 Å². The average molecular weight is 385 g/mol. The second-order valence-electron chi connectivity index (χ2n) is 5.59. The maximum atomic E-state index is 10.5. The fourth-order valence-electron chi connectivity index (χ4n) is 2.52. The zero-order valence-electron chi connectivity index (χ0n) is 14.3. The first-order valence-corrected chi connectivity index (χ1v) is 9.36. The minimum atomic E-state index is 0.146. The number of methoxy groups -OCH3 is 1. The third-order valence-electron chi connectivity index (χ3n) is 3.88. The van der Waals surface area contributed by atoms with Crippen LogP contribution in [0.1, 0.15) is 15.4 Å². The molecule has 2 aromatic heterocycles. The highest BCUT2D eigenvalue weighted by atomic mass is 32.1. The van der Waals surface area contributed by atoms with Crippen molar-refractivity contribution in [2.45, 2.75) is 6.92 Å². The number of allylic oxidation sites excluding steroid dienone is 1. The van der Waals surface area contributed by atoms with Crippen LogP contribution in [0.25, 0.3) is 11.6 Å². The predicted molar refractivity (Wildman–Crippen MR) is 104 cm³/mol. The molecule has 7 nitrogen and oxygen atoms in total. The molecule has 0 saturated carbocycles. The van der Waals surface area contributed by atoms with Gasteiger partial charge in [-0.1, -0.05) is 22.7 Å². The molecular formula is C17H15N5O2S2. The molecule has 1 aliphatic heterocycles. The fourth-order valence-corrected chi connectivity index (χ4v) is 4.11. The minimum absolute atomic E-state index is 0.146. The van der Waals surface area contributed by atoms with Crippen LogP contribution >= 0.6 is 22.7 Å². The van der Waals surface area contributed by atoms with Crippen molar-refractivity contribution < 1.29 is 9.84 Å². The molecule has 1 N–H and O–H groups in total. The van der Waals surface area contributed by atoms with Gasteiger partial charge in [0.15, 0.2) is 4.80 Å². The van der Waals surface area contributed by atoms with Gasteiger partial charge in [0, 0.05) is 24.4 Å². The summed E-state index contributed by atoms with van der Waals surface area (Å²) in [6, 6.07) is 5.73. The Labute approximate surface area is 157 Å². The zero-order valence-corrected chi connectivity index (χ0v) is 15.9. The van der Waals surface area contributed by atoms with Crippen molar-refractivity contribution in [2.24, 2.45) is 17.0 Å². The summed E-state index contributed by atoms with van der Waals surface area (Å²) in [5, 5.41) is 19.9. The number of hydrogen-bond donors (Lipinski definition) is 1. The number of hydrogen-bond acceptors (Lipinski definition) is 8. The molecule has 4 rings (SSSR count). The summed E-state index contributed by atoms with van der Waals surface area (Å²) in [6.45, 7) is 1.88. The van der Waals surface area contributed by atoms with E-state index in [-0.39, 0.29) is 5.88 Å². The van der Waals surface area contributed by atoms with Crippen molar-refractivity contribution in [3.8, 4) is 11.6 Å². The molecule has 0 amide bonds. The number of nitrogens with zero attached hydrogens (tertiary/aromatic N) is 5. The second kappa shape index (κ2) is 6.50. The lowest BCUT2D eigenvalue weighted by molar-refractivity contribution is 0.415. The maximum Gasteiger partial charge on any atom is 0.234 e. The summed E-state index contributed by atoms with van der Waals surface area (Å²) in [7, 11) is 3.40. The van der Waals surface area contributed by atoms with Gasteiger partial charge in [-0.2, -0.15) is 4.99 Å². The number of aryl methyl sites for hydroxylation is 1. The Morgan fingerprint density at radius 1 is 1.27 bits per heavy atom. The Balaban J connectivity index is 1.77. The van der Waals surface area contributed by atoms with Crippen LogP contribution < -0.4 is 9.54 Å². The average Bonchev–Trinajstić information content (AvgIpc) is 3.30. The van der Waals surface area contributed by atoms with Gasteiger partial charge in [0.2, 0.25) is 11.0 Å². The van der Waals surface area contributed by atoms with E-state index in [0.29, 0.717) is 14.8 Å². The van der Waals surface area contributed by atoms with E-state index >= 15 is 0 Å². The van der Waals surface area contributed by atoms with Gasteiger partial charge in [0.1, 0.15) is 10.8 Å². The van der Waals surface area contributed by atoms with Crippen LogP contribution in [-0.4, -0.2) is 33.2 Å². The number of aliphatic imine (C=N–C) groups is 1. The third-order valence-corrected chi connectivity index (χ3v) is 5.68. The highest BCUT2D eigenvalue weighted by Gasteiger charge is 2.16. The van der Waals surface area contributed by atoms with Crippen LogP contribution in [0.2, 0.25) is 0 Å².